The van der Waals surface area contributed by atoms with Crippen molar-refractivity contribution in [1.29, 1.82) is 0 Å². The van der Waals surface area contributed by atoms with Gasteiger partial charge in [-0.1, -0.05) is 59.8 Å². The van der Waals surface area contributed by atoms with E-state index in [1.165, 1.54) is 5.56 Å². The van der Waals surface area contributed by atoms with E-state index in [0.717, 1.165) is 11.4 Å². The zero-order valence-corrected chi connectivity index (χ0v) is 12.4. The number of hydrogen-bond donors (Lipinski definition) is 0. The average molecular weight is 244 g/mol. The third-order valence-electron chi connectivity index (χ3n) is 2.84. The van der Waals surface area contributed by atoms with Crippen LogP contribution in [-0.2, 0) is 0 Å². The minimum atomic E-state index is 0.0922. The van der Waals surface area contributed by atoms with Gasteiger partial charge in [0.05, 0.1) is 11.4 Å². The topological polar surface area (TPSA) is 25.8 Å². The SMILES string of the molecule is CC.CC(C)c1ncnc2c1C=CC(C)(C)C=C2. The molecule has 0 saturated heterocycles. The maximum Gasteiger partial charge on any atom is 0.116 e. The summed E-state index contributed by atoms with van der Waals surface area (Å²) in [7, 11) is 0. The Balaban J connectivity index is 0.000000771. The molecule has 0 N–H and O–H groups in total. The molecule has 0 atom stereocenters. The van der Waals surface area contributed by atoms with Gasteiger partial charge in [-0.05, 0) is 12.0 Å². The normalized spacial score (nSPS) is 15.7. The molecule has 1 aromatic heterocycles. The van der Waals surface area contributed by atoms with E-state index in [2.05, 4.69) is 62.0 Å². The van der Waals surface area contributed by atoms with Crippen LogP contribution in [0.25, 0.3) is 12.2 Å². The van der Waals surface area contributed by atoms with Crippen LogP contribution in [0.1, 0.15) is 64.4 Å². The number of nitrogens with zero attached hydrogens (tertiary/aromatic N) is 2. The van der Waals surface area contributed by atoms with Gasteiger partial charge in [-0.15, -0.1) is 0 Å². The monoisotopic (exact) mass is 244 g/mol. The van der Waals surface area contributed by atoms with Gasteiger partial charge in [-0.3, -0.25) is 0 Å². The van der Waals surface area contributed by atoms with Crippen LogP contribution in [0.3, 0.4) is 0 Å². The summed E-state index contributed by atoms with van der Waals surface area (Å²) in [5.74, 6) is 0.427. The minimum Gasteiger partial charge on any atom is -0.240 e. The number of rotatable bonds is 1. The lowest BCUT2D eigenvalue weighted by molar-refractivity contribution is 0.633. The third kappa shape index (κ3) is 3.28. The van der Waals surface area contributed by atoms with Crippen LogP contribution in [0.15, 0.2) is 18.5 Å². The Morgan fingerprint density at radius 2 is 1.61 bits per heavy atom. The molecule has 2 heteroatoms. The van der Waals surface area contributed by atoms with E-state index in [4.69, 9.17) is 0 Å². The molecule has 0 aliphatic heterocycles. The van der Waals surface area contributed by atoms with Gasteiger partial charge in [0.2, 0.25) is 0 Å². The van der Waals surface area contributed by atoms with Gasteiger partial charge in [0.15, 0.2) is 0 Å². The molecular formula is C16H24N2. The van der Waals surface area contributed by atoms with Crippen LogP contribution in [-0.4, -0.2) is 9.97 Å². The Morgan fingerprint density at radius 1 is 1.00 bits per heavy atom. The fraction of sp³-hybridized carbons (Fsp3) is 0.500. The highest BCUT2D eigenvalue weighted by molar-refractivity contribution is 5.67. The zero-order chi connectivity index (χ0) is 13.8. The van der Waals surface area contributed by atoms with Crippen molar-refractivity contribution < 1.29 is 0 Å². The summed E-state index contributed by atoms with van der Waals surface area (Å²) in [6, 6.07) is 0. The lowest BCUT2D eigenvalue weighted by atomic mass is 9.93. The maximum atomic E-state index is 4.38. The second-order valence-electron chi connectivity index (χ2n) is 5.20. The van der Waals surface area contributed by atoms with Crippen LogP contribution in [0.5, 0.6) is 0 Å². The van der Waals surface area contributed by atoms with Gasteiger partial charge >= 0.3 is 0 Å². The standard InChI is InChI=1S/C14H18N2.C2H6/c1-10(2)13-11-5-7-14(3,4)8-6-12(11)15-9-16-13;1-2/h5-10H,1-4H3;1-2H3. The highest BCUT2D eigenvalue weighted by Gasteiger charge is 2.16. The molecule has 1 aliphatic rings. The molecule has 0 bridgehead atoms. The van der Waals surface area contributed by atoms with E-state index < -0.39 is 0 Å². The summed E-state index contributed by atoms with van der Waals surface area (Å²) < 4.78 is 0. The molecule has 0 saturated carbocycles. The van der Waals surface area contributed by atoms with E-state index in [0.29, 0.717) is 5.92 Å². The molecule has 0 unspecified atom stereocenters. The highest BCUT2D eigenvalue weighted by atomic mass is 14.8. The maximum absolute atomic E-state index is 4.38. The Hall–Kier alpha value is -1.44. The van der Waals surface area contributed by atoms with Gasteiger partial charge in [0, 0.05) is 11.0 Å². The summed E-state index contributed by atoms with van der Waals surface area (Å²) in [6.45, 7) is 12.7. The third-order valence-corrected chi connectivity index (χ3v) is 2.84. The predicted molar refractivity (Wildman–Crippen MR) is 79.3 cm³/mol. The van der Waals surface area contributed by atoms with Gasteiger partial charge in [0.1, 0.15) is 6.33 Å². The van der Waals surface area contributed by atoms with Crippen molar-refractivity contribution in [1.82, 2.24) is 9.97 Å². The second kappa shape index (κ2) is 5.94. The summed E-state index contributed by atoms with van der Waals surface area (Å²) in [4.78, 5) is 8.72. The molecule has 1 aliphatic carbocycles. The summed E-state index contributed by atoms with van der Waals surface area (Å²) in [6.07, 6.45) is 10.3. The van der Waals surface area contributed by atoms with Gasteiger partial charge in [0.25, 0.3) is 0 Å². The molecule has 98 valence electrons. The Bertz CT molecular complexity index is 454. The Labute approximate surface area is 111 Å². The van der Waals surface area contributed by atoms with Crippen molar-refractivity contribution in [3.8, 4) is 0 Å². The molecule has 1 heterocycles. The van der Waals surface area contributed by atoms with Crippen LogP contribution in [0.4, 0.5) is 0 Å². The summed E-state index contributed by atoms with van der Waals surface area (Å²) in [5, 5.41) is 0. The van der Waals surface area contributed by atoms with Crippen LogP contribution < -0.4 is 0 Å². The molecule has 0 spiro atoms. The second-order valence-corrected chi connectivity index (χ2v) is 5.20. The van der Waals surface area contributed by atoms with E-state index in [9.17, 15) is 0 Å². The van der Waals surface area contributed by atoms with E-state index in [1.807, 2.05) is 13.8 Å². The van der Waals surface area contributed by atoms with Crippen molar-refractivity contribution in [2.45, 2.75) is 47.5 Å². The lowest BCUT2D eigenvalue weighted by Crippen LogP contribution is -2.00. The summed E-state index contributed by atoms with van der Waals surface area (Å²) >= 11 is 0. The Morgan fingerprint density at radius 3 is 2.22 bits per heavy atom. The average Bonchev–Trinajstić information content (AvgIpc) is 2.51. The summed E-state index contributed by atoms with van der Waals surface area (Å²) in [5.41, 5.74) is 3.41. The first kappa shape index (κ1) is 14.6. The van der Waals surface area contributed by atoms with Gasteiger partial charge in [-0.2, -0.15) is 0 Å². The Kier molecular flexibility index (Phi) is 4.83. The highest BCUT2D eigenvalue weighted by Crippen LogP contribution is 2.29. The fourth-order valence-electron chi connectivity index (χ4n) is 1.83. The van der Waals surface area contributed by atoms with Crippen LogP contribution >= 0.6 is 0 Å². The number of allylic oxidation sites excluding steroid dienone is 2. The first-order valence-corrected chi connectivity index (χ1v) is 6.73. The van der Waals surface area contributed by atoms with Crippen molar-refractivity contribution in [2.24, 2.45) is 5.41 Å². The zero-order valence-electron chi connectivity index (χ0n) is 12.4. The lowest BCUT2D eigenvalue weighted by Gasteiger charge is -2.12. The fourth-order valence-corrected chi connectivity index (χ4v) is 1.83. The van der Waals surface area contributed by atoms with Crippen molar-refractivity contribution in [3.05, 3.63) is 35.4 Å². The van der Waals surface area contributed by atoms with Crippen LogP contribution in [0.2, 0.25) is 0 Å². The van der Waals surface area contributed by atoms with Gasteiger partial charge < -0.3 is 0 Å². The molecule has 1 aromatic rings. The van der Waals surface area contributed by atoms with Crippen LogP contribution in [0, 0.1) is 5.41 Å². The molecule has 18 heavy (non-hydrogen) atoms. The predicted octanol–water partition coefficient (Wildman–Crippen LogP) is 4.69. The molecule has 0 aromatic carbocycles. The van der Waals surface area contributed by atoms with Crippen molar-refractivity contribution >= 4 is 12.2 Å². The minimum absolute atomic E-state index is 0.0922. The first-order valence-electron chi connectivity index (χ1n) is 6.73. The quantitative estimate of drug-likeness (QED) is 0.716. The molecule has 2 rings (SSSR count). The van der Waals surface area contributed by atoms with E-state index in [1.54, 1.807) is 6.33 Å². The molecule has 0 radical (unpaired) electrons. The van der Waals surface area contributed by atoms with E-state index in [-0.39, 0.29) is 5.41 Å². The number of fused-ring (bicyclic) bond motifs is 1. The number of hydrogen-bond acceptors (Lipinski definition) is 2. The largest absolute Gasteiger partial charge is 0.240 e. The number of aromatic nitrogens is 2. The molecule has 0 fully saturated rings. The van der Waals surface area contributed by atoms with E-state index >= 15 is 0 Å². The van der Waals surface area contributed by atoms with Crippen molar-refractivity contribution in [2.75, 3.05) is 0 Å². The molecule has 0 amide bonds. The van der Waals surface area contributed by atoms with Crippen molar-refractivity contribution in [3.63, 3.8) is 0 Å². The van der Waals surface area contributed by atoms with Gasteiger partial charge in [-0.25, -0.2) is 9.97 Å². The molecular weight excluding hydrogens is 220 g/mol. The first-order chi connectivity index (χ1) is 8.49. The smallest absolute Gasteiger partial charge is 0.116 e. The molecule has 2 nitrogen and oxygen atoms in total.